The van der Waals surface area contributed by atoms with Crippen molar-refractivity contribution in [3.05, 3.63) is 12.2 Å². The molecule has 0 saturated heterocycles. The second-order valence-corrected chi connectivity index (χ2v) is 2.52. The number of rotatable bonds is 1. The second-order valence-electron chi connectivity index (χ2n) is 2.52. The molecule has 2 atom stereocenters. The maximum absolute atomic E-state index is 8.35. The molecule has 1 aliphatic carbocycles. The van der Waals surface area contributed by atoms with E-state index >= 15 is 0 Å². The average molecular weight is 138 g/mol. The fourth-order valence-electron chi connectivity index (χ4n) is 1.13. The van der Waals surface area contributed by atoms with Gasteiger partial charge in [0.15, 0.2) is 0 Å². The van der Waals surface area contributed by atoms with Gasteiger partial charge in [-0.05, 0) is 18.2 Å². The Morgan fingerprint density at radius 3 is 3.20 bits per heavy atom. The quantitative estimate of drug-likeness (QED) is 0.511. The highest BCUT2D eigenvalue weighted by molar-refractivity contribution is 5.05. The minimum Gasteiger partial charge on any atom is -0.193 e. The minimum atomic E-state index is -1.33. The number of allylic oxidation sites excluding steroid dienone is 2. The highest BCUT2D eigenvalue weighted by atomic mass is 14.3. The van der Waals surface area contributed by atoms with E-state index in [2.05, 4.69) is 0 Å². The lowest BCUT2D eigenvalue weighted by Gasteiger charge is -2.07. The standard InChI is InChI=1S/C9H13N/c1-8-4-2-5-9(8)6-3-7-10/h3,6,8-9H,2,4-5H2,1H3/b6-3+/i5D2,8D. The van der Waals surface area contributed by atoms with Crippen LogP contribution in [0.25, 0.3) is 0 Å². The van der Waals surface area contributed by atoms with Crippen LogP contribution in [-0.2, 0) is 0 Å². The largest absolute Gasteiger partial charge is 0.193 e. The van der Waals surface area contributed by atoms with Crippen LogP contribution in [-0.4, -0.2) is 0 Å². The molecule has 0 aliphatic heterocycles. The van der Waals surface area contributed by atoms with E-state index in [-0.39, 0.29) is 0 Å². The summed E-state index contributed by atoms with van der Waals surface area (Å²) in [4.78, 5) is 0. The van der Waals surface area contributed by atoms with Gasteiger partial charge in [-0.1, -0.05) is 25.8 Å². The molecule has 54 valence electrons. The van der Waals surface area contributed by atoms with Crippen molar-refractivity contribution in [2.45, 2.75) is 26.1 Å². The average Bonchev–Trinajstić information content (AvgIpc) is 2.20. The predicted octanol–water partition coefficient (Wildman–Crippen LogP) is 2.50. The van der Waals surface area contributed by atoms with Crippen molar-refractivity contribution < 1.29 is 4.11 Å². The molecule has 0 aromatic rings. The molecule has 0 heterocycles. The van der Waals surface area contributed by atoms with Gasteiger partial charge in [-0.25, -0.2) is 0 Å². The molecule has 0 bridgehead atoms. The lowest BCUT2D eigenvalue weighted by Crippen LogP contribution is -1.98. The molecular formula is C9H13N. The Balaban J connectivity index is 2.89. The van der Waals surface area contributed by atoms with E-state index in [1.165, 1.54) is 12.2 Å². The molecule has 0 radical (unpaired) electrons. The van der Waals surface area contributed by atoms with Gasteiger partial charge in [0.1, 0.15) is 0 Å². The lowest BCUT2D eigenvalue weighted by molar-refractivity contribution is 0.504. The van der Waals surface area contributed by atoms with Gasteiger partial charge in [0.05, 0.1) is 6.07 Å². The normalized spacial score (nSPS) is 49.6. The molecule has 0 spiro atoms. The Labute approximate surface area is 66.6 Å². The number of nitriles is 1. The molecule has 10 heavy (non-hydrogen) atoms. The van der Waals surface area contributed by atoms with E-state index in [1.54, 1.807) is 6.92 Å². The van der Waals surface area contributed by atoms with Gasteiger partial charge in [0.2, 0.25) is 0 Å². The highest BCUT2D eigenvalue weighted by Crippen LogP contribution is 2.31. The van der Waals surface area contributed by atoms with Crippen LogP contribution in [0.2, 0.25) is 0 Å². The molecule has 1 rings (SSSR count). The third kappa shape index (κ3) is 1.60. The molecule has 0 amide bonds. The zero-order valence-electron chi connectivity index (χ0n) is 9.09. The fourth-order valence-corrected chi connectivity index (χ4v) is 1.13. The summed E-state index contributed by atoms with van der Waals surface area (Å²) in [5.41, 5.74) is 0. The number of hydrogen-bond donors (Lipinski definition) is 0. The van der Waals surface area contributed by atoms with Crippen molar-refractivity contribution in [2.24, 2.45) is 11.8 Å². The van der Waals surface area contributed by atoms with Gasteiger partial charge < -0.3 is 0 Å². The third-order valence-electron chi connectivity index (χ3n) is 1.78. The maximum atomic E-state index is 8.35. The van der Waals surface area contributed by atoms with E-state index in [1.807, 2.05) is 6.07 Å². The smallest absolute Gasteiger partial charge is 0.0908 e. The van der Waals surface area contributed by atoms with E-state index in [9.17, 15) is 0 Å². The van der Waals surface area contributed by atoms with E-state index in [4.69, 9.17) is 9.37 Å². The molecule has 1 nitrogen and oxygen atoms in total. The number of hydrogen-bond acceptors (Lipinski definition) is 1. The van der Waals surface area contributed by atoms with Gasteiger partial charge in [-0.2, -0.15) is 5.26 Å². The minimum absolute atomic E-state index is 0.410. The third-order valence-corrected chi connectivity index (χ3v) is 1.78. The molecule has 2 unspecified atom stereocenters. The van der Waals surface area contributed by atoms with Crippen LogP contribution in [0.5, 0.6) is 0 Å². The summed E-state index contributed by atoms with van der Waals surface area (Å²) in [7, 11) is 0. The van der Waals surface area contributed by atoms with Crippen molar-refractivity contribution >= 4 is 0 Å². The van der Waals surface area contributed by atoms with Crippen LogP contribution in [0, 0.1) is 23.1 Å². The molecule has 1 aliphatic rings. The first kappa shape index (κ1) is 4.18. The Kier molecular flexibility index (Phi) is 1.43. The predicted molar refractivity (Wildman–Crippen MR) is 41.3 cm³/mol. The van der Waals surface area contributed by atoms with E-state index in [0.29, 0.717) is 12.8 Å². The van der Waals surface area contributed by atoms with Gasteiger partial charge in [0.25, 0.3) is 0 Å². The molecule has 1 fully saturated rings. The van der Waals surface area contributed by atoms with E-state index < -0.39 is 18.2 Å². The van der Waals surface area contributed by atoms with Crippen LogP contribution in [0.1, 0.15) is 30.3 Å². The Bertz CT molecular complexity index is 247. The lowest BCUT2D eigenvalue weighted by atomic mass is 9.98. The molecule has 1 saturated carbocycles. The van der Waals surface area contributed by atoms with Crippen LogP contribution in [0.15, 0.2) is 12.2 Å². The van der Waals surface area contributed by atoms with Gasteiger partial charge in [-0.15, -0.1) is 0 Å². The molecule has 0 aromatic heterocycles. The summed E-state index contributed by atoms with van der Waals surface area (Å²) in [6.07, 6.45) is 2.44. The molecular weight excluding hydrogens is 122 g/mol. The molecule has 0 aromatic carbocycles. The van der Waals surface area contributed by atoms with Crippen molar-refractivity contribution in [3.63, 3.8) is 0 Å². The first-order chi connectivity index (χ1) is 5.90. The summed E-state index contributed by atoms with van der Waals surface area (Å²) < 4.78 is 23.2. The first-order valence-corrected chi connectivity index (χ1v) is 3.46. The second kappa shape index (κ2) is 3.41. The first-order valence-electron chi connectivity index (χ1n) is 4.96. The Hall–Kier alpha value is -0.770. The van der Waals surface area contributed by atoms with Gasteiger partial charge >= 0.3 is 0 Å². The number of nitrogens with zero attached hydrogens (tertiary/aromatic N) is 1. The summed E-state index contributed by atoms with van der Waals surface area (Å²) in [5.74, 6) is -1.23. The summed E-state index contributed by atoms with van der Waals surface area (Å²) in [5, 5.41) is 8.35. The Morgan fingerprint density at radius 2 is 2.70 bits per heavy atom. The highest BCUT2D eigenvalue weighted by Gasteiger charge is 2.19. The fraction of sp³-hybridized carbons (Fsp3) is 0.667. The van der Waals surface area contributed by atoms with E-state index in [0.717, 1.165) is 0 Å². The summed E-state index contributed by atoms with van der Waals surface area (Å²) in [6.45, 7) is 1.73. The van der Waals surface area contributed by atoms with Gasteiger partial charge in [-0.3, -0.25) is 0 Å². The zero-order valence-corrected chi connectivity index (χ0v) is 6.09. The summed E-state index contributed by atoms with van der Waals surface area (Å²) >= 11 is 0. The zero-order chi connectivity index (χ0) is 10.1. The topological polar surface area (TPSA) is 23.8 Å². The van der Waals surface area contributed by atoms with Gasteiger partial charge in [0, 0.05) is 10.2 Å². The Morgan fingerprint density at radius 1 is 1.90 bits per heavy atom. The maximum Gasteiger partial charge on any atom is 0.0908 e. The van der Waals surface area contributed by atoms with Crippen molar-refractivity contribution in [3.8, 4) is 6.07 Å². The van der Waals surface area contributed by atoms with Crippen LogP contribution < -0.4 is 0 Å². The monoisotopic (exact) mass is 138 g/mol. The van der Waals surface area contributed by atoms with Crippen LogP contribution >= 0.6 is 0 Å². The van der Waals surface area contributed by atoms with Crippen LogP contribution in [0.3, 0.4) is 0 Å². The van der Waals surface area contributed by atoms with Crippen molar-refractivity contribution in [1.82, 2.24) is 0 Å². The van der Waals surface area contributed by atoms with Crippen LogP contribution in [0.4, 0.5) is 0 Å². The molecule has 1 heteroatoms. The van der Waals surface area contributed by atoms with Crippen molar-refractivity contribution in [1.29, 1.82) is 5.26 Å². The summed E-state index contributed by atoms with van der Waals surface area (Å²) in [6, 6.07) is 1.84. The SMILES string of the molecule is [2H]C1([2H])CCC([2H])(C)C1/C=C/C#N. The molecule has 0 N–H and O–H groups in total. The van der Waals surface area contributed by atoms with Crippen molar-refractivity contribution in [2.75, 3.05) is 0 Å².